The molecule has 1 heterocycles. The third-order valence-electron chi connectivity index (χ3n) is 6.76. The van der Waals surface area contributed by atoms with E-state index in [1.165, 1.54) is 48.8 Å². The summed E-state index contributed by atoms with van der Waals surface area (Å²) in [4.78, 5) is 0. The van der Waals surface area contributed by atoms with Crippen LogP contribution in [0.25, 0.3) is 0 Å². The van der Waals surface area contributed by atoms with Crippen LogP contribution in [-0.4, -0.2) is 12.8 Å². The molecule has 30 heavy (non-hydrogen) atoms. The predicted molar refractivity (Wildman–Crippen MR) is 133 cm³/mol. The molecule has 0 amide bonds. The Morgan fingerprint density at radius 3 is 2.17 bits per heavy atom. The van der Waals surface area contributed by atoms with Gasteiger partial charge < -0.3 is 9.05 Å². The van der Waals surface area contributed by atoms with Crippen molar-refractivity contribution in [2.45, 2.75) is 118 Å². The van der Waals surface area contributed by atoms with Crippen LogP contribution in [-0.2, 0) is 15.4 Å². The Morgan fingerprint density at radius 2 is 1.73 bits per heavy atom. The number of hydrogen-bond donors (Lipinski definition) is 0. The summed E-state index contributed by atoms with van der Waals surface area (Å²) < 4.78 is 13.2. The fourth-order valence-corrected chi connectivity index (χ4v) is 5.98. The summed E-state index contributed by atoms with van der Waals surface area (Å²) in [5, 5.41) is 0. The van der Waals surface area contributed by atoms with Gasteiger partial charge in [0.05, 0.1) is 6.61 Å². The SMILES string of the molecule is CCCCC1(CC)CCP(Oc2c(C(C)C)cc(C(C)(C)C)cc2C(C)(C)C)OC1. The smallest absolute Gasteiger partial charge is 0.230 e. The van der Waals surface area contributed by atoms with E-state index in [-0.39, 0.29) is 10.8 Å². The zero-order chi connectivity index (χ0) is 22.7. The summed E-state index contributed by atoms with van der Waals surface area (Å²) in [6.45, 7) is 23.8. The molecule has 2 rings (SSSR count). The van der Waals surface area contributed by atoms with Crippen molar-refractivity contribution >= 4 is 8.38 Å². The van der Waals surface area contributed by atoms with Gasteiger partial charge in [-0.05, 0) is 52.6 Å². The fraction of sp³-hybridized carbons (Fsp3) is 0.778. The maximum absolute atomic E-state index is 6.76. The number of hydrogen-bond acceptors (Lipinski definition) is 2. The molecule has 172 valence electrons. The number of benzene rings is 1. The second kappa shape index (κ2) is 9.91. The minimum atomic E-state index is -0.869. The van der Waals surface area contributed by atoms with E-state index in [0.717, 1.165) is 18.5 Å². The maximum atomic E-state index is 6.76. The summed E-state index contributed by atoms with van der Waals surface area (Å²) >= 11 is 0. The highest BCUT2D eigenvalue weighted by molar-refractivity contribution is 7.47. The maximum Gasteiger partial charge on any atom is 0.230 e. The second-order valence-electron chi connectivity index (χ2n) is 11.7. The summed E-state index contributed by atoms with van der Waals surface area (Å²) in [5.41, 5.74) is 4.56. The predicted octanol–water partition coefficient (Wildman–Crippen LogP) is 9.10. The second-order valence-corrected chi connectivity index (χ2v) is 13.3. The summed E-state index contributed by atoms with van der Waals surface area (Å²) in [5.74, 6) is 1.51. The van der Waals surface area contributed by atoms with E-state index in [9.17, 15) is 0 Å². The average Bonchev–Trinajstić information content (AvgIpc) is 2.65. The Balaban J connectivity index is 2.35. The Bertz CT molecular complexity index is 686. The first-order valence-corrected chi connectivity index (χ1v) is 13.5. The Hall–Kier alpha value is -0.590. The minimum absolute atomic E-state index is 0.0274. The van der Waals surface area contributed by atoms with Gasteiger partial charge in [0.1, 0.15) is 5.75 Å². The molecule has 0 aromatic heterocycles. The molecule has 2 nitrogen and oxygen atoms in total. The highest BCUT2D eigenvalue weighted by Crippen LogP contribution is 2.53. The van der Waals surface area contributed by atoms with Crippen molar-refractivity contribution in [1.29, 1.82) is 0 Å². The van der Waals surface area contributed by atoms with Gasteiger partial charge in [0, 0.05) is 11.7 Å². The summed E-state index contributed by atoms with van der Waals surface area (Å²) in [6.07, 6.45) is 7.34. The molecule has 0 aliphatic carbocycles. The molecule has 1 aromatic carbocycles. The lowest BCUT2D eigenvalue weighted by molar-refractivity contribution is 0.102. The third kappa shape index (κ3) is 6.23. The van der Waals surface area contributed by atoms with Crippen LogP contribution in [0.1, 0.15) is 124 Å². The van der Waals surface area contributed by atoms with Crippen molar-refractivity contribution in [3.63, 3.8) is 0 Å². The molecule has 1 fully saturated rings. The zero-order valence-electron chi connectivity index (χ0n) is 21.4. The lowest BCUT2D eigenvalue weighted by atomic mass is 9.77. The molecule has 0 radical (unpaired) electrons. The molecular formula is C27H47O2P. The minimum Gasteiger partial charge on any atom is -0.447 e. The molecule has 3 heteroatoms. The van der Waals surface area contributed by atoms with Crippen LogP contribution >= 0.6 is 8.38 Å². The van der Waals surface area contributed by atoms with Crippen LogP contribution in [0.4, 0.5) is 0 Å². The van der Waals surface area contributed by atoms with Gasteiger partial charge in [-0.15, -0.1) is 0 Å². The third-order valence-corrected chi connectivity index (χ3v) is 8.15. The van der Waals surface area contributed by atoms with E-state index in [0.29, 0.717) is 11.3 Å². The lowest BCUT2D eigenvalue weighted by Crippen LogP contribution is -2.31. The van der Waals surface area contributed by atoms with Crippen molar-refractivity contribution in [1.82, 2.24) is 0 Å². The molecule has 1 saturated heterocycles. The van der Waals surface area contributed by atoms with Gasteiger partial charge in [-0.25, -0.2) is 0 Å². The summed E-state index contributed by atoms with van der Waals surface area (Å²) in [7, 11) is -0.869. The molecular weight excluding hydrogens is 387 g/mol. The molecule has 0 saturated carbocycles. The van der Waals surface area contributed by atoms with Crippen molar-refractivity contribution in [3.05, 3.63) is 28.8 Å². The van der Waals surface area contributed by atoms with Gasteiger partial charge in [-0.2, -0.15) is 0 Å². The summed E-state index contributed by atoms with van der Waals surface area (Å²) in [6, 6.07) is 4.77. The number of rotatable bonds is 7. The van der Waals surface area contributed by atoms with E-state index in [2.05, 4.69) is 81.4 Å². The first-order chi connectivity index (χ1) is 13.8. The molecule has 0 N–H and O–H groups in total. The topological polar surface area (TPSA) is 18.5 Å². The first-order valence-electron chi connectivity index (χ1n) is 12.1. The quantitative estimate of drug-likeness (QED) is 0.398. The molecule has 2 atom stereocenters. The van der Waals surface area contributed by atoms with Crippen LogP contribution < -0.4 is 4.52 Å². The van der Waals surface area contributed by atoms with Crippen LogP contribution in [0.15, 0.2) is 12.1 Å². The van der Waals surface area contributed by atoms with E-state index in [1.54, 1.807) is 0 Å². The molecule has 1 aliphatic heterocycles. The molecule has 2 unspecified atom stereocenters. The van der Waals surface area contributed by atoms with Gasteiger partial charge in [-0.1, -0.05) is 94.2 Å². The van der Waals surface area contributed by atoms with Crippen LogP contribution in [0.2, 0.25) is 0 Å². The molecule has 1 aromatic rings. The lowest BCUT2D eigenvalue weighted by Gasteiger charge is -2.40. The molecule has 0 spiro atoms. The van der Waals surface area contributed by atoms with E-state index < -0.39 is 8.38 Å². The van der Waals surface area contributed by atoms with Crippen LogP contribution in [0.3, 0.4) is 0 Å². The van der Waals surface area contributed by atoms with Gasteiger partial charge in [0.2, 0.25) is 8.38 Å². The van der Waals surface area contributed by atoms with Crippen LogP contribution in [0.5, 0.6) is 5.75 Å². The van der Waals surface area contributed by atoms with E-state index in [1.807, 2.05) is 0 Å². The molecule has 0 bridgehead atoms. The zero-order valence-corrected chi connectivity index (χ0v) is 22.3. The van der Waals surface area contributed by atoms with Gasteiger partial charge in [-0.3, -0.25) is 0 Å². The van der Waals surface area contributed by atoms with Gasteiger partial charge in [0.15, 0.2) is 0 Å². The molecule has 1 aliphatic rings. The highest BCUT2D eigenvalue weighted by Gasteiger charge is 2.37. The number of unbranched alkanes of at least 4 members (excludes halogenated alkanes) is 1. The van der Waals surface area contributed by atoms with Gasteiger partial charge >= 0.3 is 0 Å². The Morgan fingerprint density at radius 1 is 1.07 bits per heavy atom. The normalized spacial score (nSPS) is 23.1. The Kier molecular flexibility index (Phi) is 8.48. The van der Waals surface area contributed by atoms with Crippen molar-refractivity contribution < 1.29 is 9.05 Å². The van der Waals surface area contributed by atoms with Gasteiger partial charge in [0.25, 0.3) is 0 Å². The highest BCUT2D eigenvalue weighted by atomic mass is 31.2. The monoisotopic (exact) mass is 434 g/mol. The van der Waals surface area contributed by atoms with E-state index in [4.69, 9.17) is 9.05 Å². The van der Waals surface area contributed by atoms with Crippen LogP contribution in [0, 0.1) is 5.41 Å². The Labute approximate surface area is 188 Å². The van der Waals surface area contributed by atoms with E-state index >= 15 is 0 Å². The van der Waals surface area contributed by atoms with Crippen molar-refractivity contribution in [2.75, 3.05) is 12.8 Å². The standard InChI is InChI=1S/C27H47O2P/c1-11-13-14-27(12-2)15-16-30(28-19-27)29-24-22(20(3)4)17-21(25(5,6)7)18-23(24)26(8,9)10/h17-18,20H,11-16,19H2,1-10H3. The van der Waals surface area contributed by atoms with Crippen molar-refractivity contribution in [3.8, 4) is 5.75 Å². The first kappa shape index (κ1) is 25.7. The average molecular weight is 435 g/mol. The largest absolute Gasteiger partial charge is 0.447 e. The van der Waals surface area contributed by atoms with Crippen molar-refractivity contribution in [2.24, 2.45) is 5.41 Å². The fourth-order valence-electron chi connectivity index (χ4n) is 4.22.